The molecule has 0 bridgehead atoms. The molecule has 1 aromatic carbocycles. The third kappa shape index (κ3) is 3.73. The van der Waals surface area contributed by atoms with Crippen LogP contribution in [0, 0.1) is 0 Å². The van der Waals surface area contributed by atoms with Crippen molar-refractivity contribution in [2.75, 3.05) is 6.54 Å². The van der Waals surface area contributed by atoms with E-state index in [2.05, 4.69) is 48.0 Å². The number of hydrogen-bond acceptors (Lipinski definition) is 3. The minimum Gasteiger partial charge on any atom is -0.372 e. The molecule has 0 saturated carbocycles. The molecule has 0 spiro atoms. The predicted octanol–water partition coefficient (Wildman–Crippen LogP) is 4.45. The molecule has 112 valence electrons. The molecule has 1 unspecified atom stereocenters. The zero-order valence-electron chi connectivity index (χ0n) is 12.6. The van der Waals surface area contributed by atoms with E-state index >= 15 is 0 Å². The van der Waals surface area contributed by atoms with Gasteiger partial charge in [0.05, 0.1) is 13.2 Å². The molecule has 2 heterocycles. The summed E-state index contributed by atoms with van der Waals surface area (Å²) < 4.78 is 5.53. The smallest absolute Gasteiger partial charge is 0.0725 e. The summed E-state index contributed by atoms with van der Waals surface area (Å²) in [6.45, 7) is 4.84. The normalized spacial score (nSPS) is 15.1. The molecule has 3 rings (SSSR count). The lowest BCUT2D eigenvalue weighted by Crippen LogP contribution is -2.22. The van der Waals surface area contributed by atoms with E-state index in [1.165, 1.54) is 28.0 Å². The summed E-state index contributed by atoms with van der Waals surface area (Å²) >= 11 is 1.86. The maximum absolute atomic E-state index is 5.53. The number of aryl methyl sites for hydroxylation is 1. The lowest BCUT2D eigenvalue weighted by molar-refractivity contribution is 0.134. The molecule has 1 aromatic heterocycles. The van der Waals surface area contributed by atoms with Gasteiger partial charge < -0.3 is 10.1 Å². The molecule has 1 atom stereocenters. The van der Waals surface area contributed by atoms with Crippen LogP contribution >= 0.6 is 11.3 Å². The average molecular weight is 301 g/mol. The molecule has 3 heteroatoms. The predicted molar refractivity (Wildman–Crippen MR) is 88.6 cm³/mol. The van der Waals surface area contributed by atoms with E-state index in [-0.39, 0.29) is 0 Å². The molecule has 1 aliphatic rings. The fourth-order valence-electron chi connectivity index (χ4n) is 2.86. The fourth-order valence-corrected chi connectivity index (χ4v) is 3.58. The van der Waals surface area contributed by atoms with E-state index in [9.17, 15) is 0 Å². The molecular formula is C18H23NOS. The molecule has 0 aliphatic carbocycles. The quantitative estimate of drug-likeness (QED) is 0.815. The first-order valence-corrected chi connectivity index (χ1v) is 8.70. The third-order valence-electron chi connectivity index (χ3n) is 4.05. The van der Waals surface area contributed by atoms with Gasteiger partial charge in [-0.2, -0.15) is 0 Å². The van der Waals surface area contributed by atoms with Crippen molar-refractivity contribution in [1.82, 2.24) is 5.32 Å². The molecule has 0 saturated heterocycles. The molecular weight excluding hydrogens is 278 g/mol. The lowest BCUT2D eigenvalue weighted by Gasteiger charge is -2.19. The molecule has 2 aromatic rings. The van der Waals surface area contributed by atoms with Gasteiger partial charge in [-0.1, -0.05) is 31.2 Å². The Kier molecular flexibility index (Phi) is 5.07. The van der Waals surface area contributed by atoms with Crippen LogP contribution in [0.3, 0.4) is 0 Å². The van der Waals surface area contributed by atoms with Crippen LogP contribution in [0.4, 0.5) is 0 Å². The van der Waals surface area contributed by atoms with Crippen LogP contribution in [0.1, 0.15) is 47.4 Å². The van der Waals surface area contributed by atoms with Gasteiger partial charge in [0.15, 0.2) is 0 Å². The van der Waals surface area contributed by atoms with Gasteiger partial charge in [-0.3, -0.25) is 0 Å². The van der Waals surface area contributed by atoms with Gasteiger partial charge in [0.1, 0.15) is 0 Å². The minimum absolute atomic E-state index is 0.443. The summed E-state index contributed by atoms with van der Waals surface area (Å²) in [5.74, 6) is 0. The SMILES string of the molecule is CCCNC(CCc1cccs1)c1ccc2c(c1)COC2. The Morgan fingerprint density at radius 3 is 2.95 bits per heavy atom. The number of benzene rings is 1. The summed E-state index contributed by atoms with van der Waals surface area (Å²) in [7, 11) is 0. The summed E-state index contributed by atoms with van der Waals surface area (Å²) in [5.41, 5.74) is 4.13. The van der Waals surface area contributed by atoms with Crippen molar-refractivity contribution in [3.8, 4) is 0 Å². The van der Waals surface area contributed by atoms with Crippen LogP contribution in [-0.4, -0.2) is 6.54 Å². The minimum atomic E-state index is 0.443. The Hall–Kier alpha value is -1.16. The van der Waals surface area contributed by atoms with Crippen molar-refractivity contribution in [2.24, 2.45) is 0 Å². The van der Waals surface area contributed by atoms with Crippen LogP contribution in [0.25, 0.3) is 0 Å². The summed E-state index contributed by atoms with van der Waals surface area (Å²) in [6, 6.07) is 11.7. The van der Waals surface area contributed by atoms with Gasteiger partial charge in [0, 0.05) is 10.9 Å². The van der Waals surface area contributed by atoms with Crippen molar-refractivity contribution >= 4 is 11.3 Å². The van der Waals surface area contributed by atoms with Gasteiger partial charge in [-0.15, -0.1) is 11.3 Å². The molecule has 0 amide bonds. The van der Waals surface area contributed by atoms with Crippen molar-refractivity contribution in [2.45, 2.75) is 45.4 Å². The number of ether oxygens (including phenoxy) is 1. The second-order valence-electron chi connectivity index (χ2n) is 5.65. The largest absolute Gasteiger partial charge is 0.372 e. The van der Waals surface area contributed by atoms with Crippen LogP contribution in [0.2, 0.25) is 0 Å². The lowest BCUT2D eigenvalue weighted by atomic mass is 9.97. The number of thiophene rings is 1. The molecule has 0 radical (unpaired) electrons. The van der Waals surface area contributed by atoms with Gasteiger partial charge >= 0.3 is 0 Å². The van der Waals surface area contributed by atoms with E-state index in [0.29, 0.717) is 6.04 Å². The van der Waals surface area contributed by atoms with E-state index in [0.717, 1.165) is 32.6 Å². The zero-order chi connectivity index (χ0) is 14.5. The van der Waals surface area contributed by atoms with E-state index < -0.39 is 0 Å². The maximum atomic E-state index is 5.53. The van der Waals surface area contributed by atoms with E-state index in [1.807, 2.05) is 11.3 Å². The number of rotatable bonds is 7. The van der Waals surface area contributed by atoms with Gasteiger partial charge in [-0.25, -0.2) is 0 Å². The molecule has 1 N–H and O–H groups in total. The third-order valence-corrected chi connectivity index (χ3v) is 4.98. The van der Waals surface area contributed by atoms with Gasteiger partial charge in [0.25, 0.3) is 0 Å². The van der Waals surface area contributed by atoms with Crippen molar-refractivity contribution in [1.29, 1.82) is 0 Å². The summed E-state index contributed by atoms with van der Waals surface area (Å²) in [4.78, 5) is 1.47. The Labute approximate surface area is 131 Å². The van der Waals surface area contributed by atoms with E-state index in [4.69, 9.17) is 4.74 Å². The molecule has 1 aliphatic heterocycles. The highest BCUT2D eigenvalue weighted by Gasteiger charge is 2.16. The summed E-state index contributed by atoms with van der Waals surface area (Å²) in [5, 5.41) is 5.87. The fraction of sp³-hybridized carbons (Fsp3) is 0.444. The second kappa shape index (κ2) is 7.21. The van der Waals surface area contributed by atoms with Crippen LogP contribution in [0.15, 0.2) is 35.7 Å². The Morgan fingerprint density at radius 1 is 1.24 bits per heavy atom. The molecule has 21 heavy (non-hydrogen) atoms. The van der Waals surface area contributed by atoms with Crippen LogP contribution in [0.5, 0.6) is 0 Å². The Bertz CT molecular complexity index is 565. The highest BCUT2D eigenvalue weighted by molar-refractivity contribution is 7.09. The van der Waals surface area contributed by atoms with Gasteiger partial charge in [0.2, 0.25) is 0 Å². The second-order valence-corrected chi connectivity index (χ2v) is 6.68. The van der Waals surface area contributed by atoms with Crippen molar-refractivity contribution in [3.63, 3.8) is 0 Å². The first-order valence-electron chi connectivity index (χ1n) is 7.82. The van der Waals surface area contributed by atoms with Crippen LogP contribution < -0.4 is 5.32 Å². The van der Waals surface area contributed by atoms with Crippen LogP contribution in [-0.2, 0) is 24.4 Å². The molecule has 2 nitrogen and oxygen atoms in total. The van der Waals surface area contributed by atoms with E-state index in [1.54, 1.807) is 0 Å². The Morgan fingerprint density at radius 2 is 2.14 bits per heavy atom. The van der Waals surface area contributed by atoms with Crippen molar-refractivity contribution in [3.05, 3.63) is 57.3 Å². The topological polar surface area (TPSA) is 21.3 Å². The summed E-state index contributed by atoms with van der Waals surface area (Å²) in [6.07, 6.45) is 3.47. The first kappa shape index (κ1) is 14.8. The highest BCUT2D eigenvalue weighted by atomic mass is 32.1. The van der Waals surface area contributed by atoms with Crippen molar-refractivity contribution < 1.29 is 4.74 Å². The molecule has 0 fully saturated rings. The number of fused-ring (bicyclic) bond motifs is 1. The number of nitrogens with one attached hydrogen (secondary N) is 1. The maximum Gasteiger partial charge on any atom is 0.0725 e. The first-order chi connectivity index (χ1) is 10.4. The standard InChI is InChI=1S/C18H23NOS/c1-2-9-19-18(8-7-17-4-3-10-21-17)14-5-6-15-12-20-13-16(15)11-14/h3-6,10-11,18-19H,2,7-9,12-13H2,1H3. The highest BCUT2D eigenvalue weighted by Crippen LogP contribution is 2.27. The Balaban J connectivity index is 1.71. The van der Waals surface area contributed by atoms with Gasteiger partial charge in [-0.05, 0) is 53.9 Å². The zero-order valence-corrected chi connectivity index (χ0v) is 13.4. The number of hydrogen-bond donors (Lipinski definition) is 1. The monoisotopic (exact) mass is 301 g/mol. The average Bonchev–Trinajstić information content (AvgIpc) is 3.17.